The molecular weight excluding hydrogens is 334 g/mol. The van der Waals surface area contributed by atoms with Gasteiger partial charge >= 0.3 is 4.87 Å². The molecule has 1 aliphatic heterocycles. The molecule has 10 heteroatoms. The normalized spacial score (nSPS) is 28.2. The lowest BCUT2D eigenvalue weighted by Gasteiger charge is -2.28. The van der Waals surface area contributed by atoms with Crippen LogP contribution in [0.2, 0.25) is 0 Å². The van der Waals surface area contributed by atoms with E-state index in [-0.39, 0.29) is 22.1 Å². The minimum atomic E-state index is -0.391. The number of anilines is 1. The highest BCUT2D eigenvalue weighted by atomic mass is 32.1. The predicted octanol–water partition coefficient (Wildman–Crippen LogP) is 0.661. The number of amides is 1. The average Bonchev–Trinajstić information content (AvgIpc) is 3.30. The lowest BCUT2D eigenvalue weighted by Crippen LogP contribution is -2.41. The number of oxazole rings is 1. The lowest BCUT2D eigenvalue weighted by molar-refractivity contribution is -0.0160. The Labute approximate surface area is 140 Å². The Balaban J connectivity index is 1.40. The average molecular weight is 351 g/mol. The van der Waals surface area contributed by atoms with Crippen LogP contribution in [-0.2, 0) is 4.74 Å². The van der Waals surface area contributed by atoms with E-state index in [4.69, 9.17) is 9.15 Å². The minimum absolute atomic E-state index is 0.188. The van der Waals surface area contributed by atoms with Gasteiger partial charge in [0.2, 0.25) is 10.9 Å². The number of carbonyl (C=O) groups is 1. The van der Waals surface area contributed by atoms with E-state index >= 15 is 0 Å². The number of ether oxygens (including phenoxy) is 1. The molecule has 2 aliphatic rings. The van der Waals surface area contributed by atoms with Gasteiger partial charge in [-0.1, -0.05) is 0 Å². The third kappa shape index (κ3) is 2.61. The van der Waals surface area contributed by atoms with Crippen LogP contribution in [-0.4, -0.2) is 45.4 Å². The van der Waals surface area contributed by atoms with E-state index in [1.54, 1.807) is 6.92 Å². The summed E-state index contributed by atoms with van der Waals surface area (Å²) in [7, 11) is 0. The number of hydrogen-bond acceptors (Lipinski definition) is 8. The maximum Gasteiger partial charge on any atom is 0.324 e. The fourth-order valence-corrected chi connectivity index (χ4v) is 4.12. The van der Waals surface area contributed by atoms with Gasteiger partial charge in [-0.25, -0.2) is 10.1 Å². The van der Waals surface area contributed by atoms with Crippen LogP contribution >= 0.6 is 11.3 Å². The number of carbonyl (C=O) groups excluding carboxylic acids is 1. The molecule has 3 N–H and O–H groups in total. The van der Waals surface area contributed by atoms with Crippen molar-refractivity contribution >= 4 is 22.4 Å². The number of nitrogens with one attached hydrogen (secondary N) is 3. The van der Waals surface area contributed by atoms with Crippen LogP contribution in [0.3, 0.4) is 0 Å². The first kappa shape index (κ1) is 15.3. The van der Waals surface area contributed by atoms with Crippen LogP contribution in [0.25, 0.3) is 0 Å². The molecule has 1 saturated heterocycles. The molecule has 1 aliphatic carbocycles. The summed E-state index contributed by atoms with van der Waals surface area (Å²) in [5.74, 6) is -0.0565. The van der Waals surface area contributed by atoms with Crippen LogP contribution in [0.15, 0.2) is 15.6 Å². The lowest BCUT2D eigenvalue weighted by atomic mass is 9.98. The number of rotatable bonds is 5. The number of aromatic amines is 1. The SMILES string of the molecule is Cc1ncoc1C(=O)NCC12CCC(Nc3n[nH]c(=O)s3)(CO1)C2. The van der Waals surface area contributed by atoms with Gasteiger partial charge in [-0.05, 0) is 31.1 Å². The van der Waals surface area contributed by atoms with Crippen LogP contribution in [0.1, 0.15) is 35.5 Å². The molecule has 2 bridgehead atoms. The van der Waals surface area contributed by atoms with Gasteiger partial charge in [-0.15, -0.1) is 5.10 Å². The van der Waals surface area contributed by atoms with Crippen molar-refractivity contribution in [2.75, 3.05) is 18.5 Å². The first-order chi connectivity index (χ1) is 11.5. The van der Waals surface area contributed by atoms with E-state index in [1.807, 2.05) is 0 Å². The van der Waals surface area contributed by atoms with Gasteiger partial charge in [-0.2, -0.15) is 0 Å². The molecule has 1 amide bonds. The van der Waals surface area contributed by atoms with Gasteiger partial charge in [0.15, 0.2) is 6.39 Å². The summed E-state index contributed by atoms with van der Waals surface area (Å²) < 4.78 is 11.1. The van der Waals surface area contributed by atoms with Gasteiger partial charge in [0, 0.05) is 13.0 Å². The van der Waals surface area contributed by atoms with Crippen molar-refractivity contribution in [1.82, 2.24) is 20.5 Å². The number of hydrogen-bond donors (Lipinski definition) is 3. The van der Waals surface area contributed by atoms with E-state index in [1.165, 1.54) is 6.39 Å². The van der Waals surface area contributed by atoms with Crippen molar-refractivity contribution in [2.45, 2.75) is 37.3 Å². The van der Waals surface area contributed by atoms with Gasteiger partial charge in [0.1, 0.15) is 0 Å². The third-order valence-corrected chi connectivity index (χ3v) is 5.37. The van der Waals surface area contributed by atoms with Crippen molar-refractivity contribution in [3.8, 4) is 0 Å². The summed E-state index contributed by atoms with van der Waals surface area (Å²) in [6.07, 6.45) is 3.74. The first-order valence-corrected chi connectivity index (χ1v) is 8.47. The van der Waals surface area contributed by atoms with E-state index in [2.05, 4.69) is 25.8 Å². The molecule has 3 heterocycles. The highest BCUT2D eigenvalue weighted by Crippen LogP contribution is 2.48. The van der Waals surface area contributed by atoms with E-state index < -0.39 is 5.60 Å². The summed E-state index contributed by atoms with van der Waals surface area (Å²) in [6, 6.07) is 0. The summed E-state index contributed by atoms with van der Waals surface area (Å²) in [6.45, 7) is 2.66. The Morgan fingerprint density at radius 1 is 1.50 bits per heavy atom. The zero-order valence-electron chi connectivity index (χ0n) is 13.0. The second kappa shape index (κ2) is 5.42. The van der Waals surface area contributed by atoms with E-state index in [0.29, 0.717) is 24.0 Å². The van der Waals surface area contributed by atoms with Crippen LogP contribution in [0.5, 0.6) is 0 Å². The predicted molar refractivity (Wildman–Crippen MR) is 85.2 cm³/mol. The van der Waals surface area contributed by atoms with Crippen LogP contribution < -0.4 is 15.5 Å². The molecule has 0 aromatic carbocycles. The Bertz CT molecular complexity index is 817. The summed E-state index contributed by atoms with van der Waals surface area (Å²) in [4.78, 5) is 27.1. The quantitative estimate of drug-likeness (QED) is 0.723. The number of aromatic nitrogens is 3. The summed E-state index contributed by atoms with van der Waals surface area (Å²) >= 11 is 1.05. The van der Waals surface area contributed by atoms with Gasteiger partial charge in [-0.3, -0.25) is 9.59 Å². The number of aryl methyl sites for hydroxylation is 1. The fourth-order valence-electron chi connectivity index (χ4n) is 3.49. The zero-order chi connectivity index (χ0) is 16.8. The molecule has 24 heavy (non-hydrogen) atoms. The summed E-state index contributed by atoms with van der Waals surface area (Å²) in [5, 5.41) is 13.1. The van der Waals surface area contributed by atoms with Gasteiger partial charge < -0.3 is 19.8 Å². The van der Waals surface area contributed by atoms with E-state index in [9.17, 15) is 9.59 Å². The molecule has 0 spiro atoms. The number of H-pyrrole nitrogens is 1. The highest BCUT2D eigenvalue weighted by Gasteiger charge is 2.56. The third-order valence-electron chi connectivity index (χ3n) is 4.71. The molecule has 2 fully saturated rings. The first-order valence-electron chi connectivity index (χ1n) is 7.65. The Morgan fingerprint density at radius 2 is 2.38 bits per heavy atom. The molecular formula is C14H17N5O4S. The molecule has 9 nitrogen and oxygen atoms in total. The second-order valence-corrected chi connectivity index (χ2v) is 7.38. The van der Waals surface area contributed by atoms with Gasteiger partial charge in [0.05, 0.1) is 23.4 Å². The highest BCUT2D eigenvalue weighted by molar-refractivity contribution is 7.12. The van der Waals surface area contributed by atoms with E-state index in [0.717, 1.165) is 30.6 Å². The monoisotopic (exact) mass is 351 g/mol. The standard InChI is InChI=1S/C14H17N5O4S/c1-8-9(22-7-16-8)10(20)15-5-14-3-2-13(4-14,6-23-14)17-11-18-19-12(21)24-11/h7H,2-6H2,1H3,(H,15,20)(H,17,18)(H,19,21). The maximum atomic E-state index is 12.2. The molecule has 1 saturated carbocycles. The molecule has 128 valence electrons. The number of fused-ring (bicyclic) bond motifs is 2. The second-order valence-electron chi connectivity index (χ2n) is 6.42. The van der Waals surface area contributed by atoms with Crippen molar-refractivity contribution in [3.63, 3.8) is 0 Å². The minimum Gasteiger partial charge on any atom is -0.438 e. The summed E-state index contributed by atoms with van der Waals surface area (Å²) in [5.41, 5.74) is -0.0590. The topological polar surface area (TPSA) is 122 Å². The van der Waals surface area contributed by atoms with Gasteiger partial charge in [0.25, 0.3) is 5.91 Å². The fraction of sp³-hybridized carbons (Fsp3) is 0.571. The molecule has 2 atom stereocenters. The van der Waals surface area contributed by atoms with Crippen molar-refractivity contribution < 1.29 is 13.9 Å². The molecule has 2 unspecified atom stereocenters. The maximum absolute atomic E-state index is 12.2. The van der Waals surface area contributed by atoms with Crippen LogP contribution in [0, 0.1) is 6.92 Å². The zero-order valence-corrected chi connectivity index (χ0v) is 13.9. The smallest absolute Gasteiger partial charge is 0.324 e. The van der Waals surface area contributed by atoms with Crippen molar-refractivity contribution in [3.05, 3.63) is 27.5 Å². The number of nitrogens with zero attached hydrogens (tertiary/aromatic N) is 2. The van der Waals surface area contributed by atoms with Crippen molar-refractivity contribution in [2.24, 2.45) is 0 Å². The van der Waals surface area contributed by atoms with Crippen LogP contribution in [0.4, 0.5) is 5.13 Å². The largest absolute Gasteiger partial charge is 0.438 e. The molecule has 4 rings (SSSR count). The molecule has 2 aromatic heterocycles. The molecule has 2 aromatic rings. The molecule has 0 radical (unpaired) electrons. The Hall–Kier alpha value is -2.20. The Morgan fingerprint density at radius 3 is 3.00 bits per heavy atom. The Kier molecular flexibility index (Phi) is 3.46. The van der Waals surface area contributed by atoms with Crippen molar-refractivity contribution in [1.29, 1.82) is 0 Å².